The number of hydrogen-bond acceptors (Lipinski definition) is 3. The molecule has 0 aliphatic rings. The molecule has 4 nitrogen and oxygen atoms in total. The van der Waals surface area contributed by atoms with Crippen molar-refractivity contribution in [1.82, 2.24) is 5.32 Å². The molecule has 5 heteroatoms. The summed E-state index contributed by atoms with van der Waals surface area (Å²) >= 11 is 5.93. The molecular formula is C14H16ClNO3. The van der Waals surface area contributed by atoms with Crippen LogP contribution in [-0.2, 0) is 9.53 Å². The van der Waals surface area contributed by atoms with Gasteiger partial charge in [-0.25, -0.2) is 4.79 Å². The van der Waals surface area contributed by atoms with Gasteiger partial charge in [0, 0.05) is 0 Å². The van der Waals surface area contributed by atoms with Crippen LogP contribution in [0.15, 0.2) is 36.9 Å². The van der Waals surface area contributed by atoms with Crippen molar-refractivity contribution < 1.29 is 14.3 Å². The Hall–Kier alpha value is -1.81. The third-order valence-electron chi connectivity index (χ3n) is 2.57. The van der Waals surface area contributed by atoms with Crippen molar-refractivity contribution in [2.24, 2.45) is 0 Å². The Morgan fingerprint density at radius 3 is 2.74 bits per heavy atom. The van der Waals surface area contributed by atoms with Gasteiger partial charge in [0.25, 0.3) is 5.91 Å². The Bertz CT molecular complexity index is 474. The van der Waals surface area contributed by atoms with Crippen LogP contribution in [0, 0.1) is 0 Å². The number of hydrogen-bond donors (Lipinski definition) is 1. The Balaban J connectivity index is 2.78. The van der Waals surface area contributed by atoms with E-state index in [2.05, 4.69) is 16.6 Å². The van der Waals surface area contributed by atoms with Crippen LogP contribution in [0.3, 0.4) is 0 Å². The number of benzene rings is 1. The quantitative estimate of drug-likeness (QED) is 0.644. The first kappa shape index (κ1) is 15.2. The van der Waals surface area contributed by atoms with Crippen LogP contribution in [0.2, 0.25) is 5.02 Å². The summed E-state index contributed by atoms with van der Waals surface area (Å²) in [5.74, 6) is -0.882. The van der Waals surface area contributed by atoms with Gasteiger partial charge in [0.2, 0.25) is 0 Å². The zero-order valence-electron chi connectivity index (χ0n) is 10.7. The molecule has 0 fully saturated rings. The highest BCUT2D eigenvalue weighted by atomic mass is 35.5. The molecule has 19 heavy (non-hydrogen) atoms. The number of carbonyl (C=O) groups is 2. The van der Waals surface area contributed by atoms with Crippen molar-refractivity contribution in [1.29, 1.82) is 0 Å². The van der Waals surface area contributed by atoms with E-state index in [1.165, 1.54) is 7.11 Å². The normalized spacial score (nSPS) is 11.5. The SMILES string of the molecule is C=CCC[C@H](NC(=O)c1ccccc1Cl)C(=O)OC. The number of nitrogens with one attached hydrogen (secondary N) is 1. The van der Waals surface area contributed by atoms with Crippen LogP contribution in [0.25, 0.3) is 0 Å². The Labute approximate surface area is 117 Å². The van der Waals surface area contributed by atoms with E-state index in [9.17, 15) is 9.59 Å². The number of esters is 1. The molecule has 0 heterocycles. The van der Waals surface area contributed by atoms with Crippen molar-refractivity contribution in [3.8, 4) is 0 Å². The van der Waals surface area contributed by atoms with Gasteiger partial charge in [-0.05, 0) is 25.0 Å². The lowest BCUT2D eigenvalue weighted by atomic mass is 10.1. The Morgan fingerprint density at radius 2 is 2.16 bits per heavy atom. The fourth-order valence-corrected chi connectivity index (χ4v) is 1.78. The molecule has 0 unspecified atom stereocenters. The van der Waals surface area contributed by atoms with Crippen molar-refractivity contribution >= 4 is 23.5 Å². The monoisotopic (exact) mass is 281 g/mol. The average molecular weight is 282 g/mol. The third kappa shape index (κ3) is 4.41. The first-order valence-electron chi connectivity index (χ1n) is 5.84. The molecule has 1 rings (SSSR count). The molecule has 0 aliphatic carbocycles. The number of halogens is 1. The Kier molecular flexibility index (Phi) is 6.09. The summed E-state index contributed by atoms with van der Waals surface area (Å²) in [6.07, 6.45) is 2.71. The summed E-state index contributed by atoms with van der Waals surface area (Å²) < 4.78 is 4.66. The minimum Gasteiger partial charge on any atom is -0.467 e. The second kappa shape index (κ2) is 7.59. The number of ether oxygens (including phenoxy) is 1. The van der Waals surface area contributed by atoms with E-state index in [-0.39, 0.29) is 0 Å². The van der Waals surface area contributed by atoms with E-state index in [0.29, 0.717) is 23.4 Å². The third-order valence-corrected chi connectivity index (χ3v) is 2.90. The average Bonchev–Trinajstić information content (AvgIpc) is 2.42. The molecule has 1 atom stereocenters. The lowest BCUT2D eigenvalue weighted by Crippen LogP contribution is -2.41. The highest BCUT2D eigenvalue weighted by Gasteiger charge is 2.22. The molecule has 0 saturated carbocycles. The van der Waals surface area contributed by atoms with E-state index in [1.807, 2.05) is 0 Å². The molecule has 0 spiro atoms. The van der Waals surface area contributed by atoms with Gasteiger partial charge in [-0.1, -0.05) is 29.8 Å². The summed E-state index contributed by atoms with van der Waals surface area (Å²) in [4.78, 5) is 23.6. The summed E-state index contributed by atoms with van der Waals surface area (Å²) in [6.45, 7) is 3.58. The van der Waals surface area contributed by atoms with Crippen LogP contribution in [0.4, 0.5) is 0 Å². The van der Waals surface area contributed by atoms with Crippen molar-refractivity contribution in [2.45, 2.75) is 18.9 Å². The first-order chi connectivity index (χ1) is 9.10. The summed E-state index contributed by atoms with van der Waals surface area (Å²) in [6, 6.07) is 5.95. The molecule has 1 aromatic carbocycles. The lowest BCUT2D eigenvalue weighted by Gasteiger charge is -2.16. The van der Waals surface area contributed by atoms with Gasteiger partial charge in [-0.15, -0.1) is 6.58 Å². The minimum absolute atomic E-state index is 0.330. The standard InChI is InChI=1S/C14H16ClNO3/c1-3-4-9-12(14(18)19-2)16-13(17)10-7-5-6-8-11(10)15/h3,5-8,12H,1,4,9H2,2H3,(H,16,17)/t12-/m0/s1. The molecule has 102 valence electrons. The van der Waals surface area contributed by atoms with E-state index in [0.717, 1.165) is 0 Å². The van der Waals surface area contributed by atoms with Crippen molar-refractivity contribution in [2.75, 3.05) is 7.11 Å². The van der Waals surface area contributed by atoms with Gasteiger partial charge in [-0.3, -0.25) is 4.79 Å². The zero-order chi connectivity index (χ0) is 14.3. The van der Waals surface area contributed by atoms with E-state index in [1.54, 1.807) is 30.3 Å². The van der Waals surface area contributed by atoms with Gasteiger partial charge >= 0.3 is 5.97 Å². The fraction of sp³-hybridized carbons (Fsp3) is 0.286. The molecular weight excluding hydrogens is 266 g/mol. The molecule has 0 aromatic heterocycles. The molecule has 0 aliphatic heterocycles. The topological polar surface area (TPSA) is 55.4 Å². The zero-order valence-corrected chi connectivity index (χ0v) is 11.4. The molecule has 1 N–H and O–H groups in total. The van der Waals surface area contributed by atoms with Gasteiger partial charge < -0.3 is 10.1 Å². The summed E-state index contributed by atoms with van der Waals surface area (Å²) in [5, 5.41) is 2.95. The van der Waals surface area contributed by atoms with Crippen LogP contribution in [0.1, 0.15) is 23.2 Å². The molecule has 1 amide bonds. The van der Waals surface area contributed by atoms with Crippen LogP contribution in [0.5, 0.6) is 0 Å². The maximum Gasteiger partial charge on any atom is 0.328 e. The largest absolute Gasteiger partial charge is 0.467 e. The fourth-order valence-electron chi connectivity index (χ4n) is 1.56. The maximum atomic E-state index is 12.0. The molecule has 1 aromatic rings. The summed E-state index contributed by atoms with van der Waals surface area (Å²) in [5.41, 5.74) is 0.330. The van der Waals surface area contributed by atoms with Gasteiger partial charge in [0.05, 0.1) is 17.7 Å². The molecule has 0 saturated heterocycles. The lowest BCUT2D eigenvalue weighted by molar-refractivity contribution is -0.143. The smallest absolute Gasteiger partial charge is 0.328 e. The first-order valence-corrected chi connectivity index (χ1v) is 6.22. The highest BCUT2D eigenvalue weighted by molar-refractivity contribution is 6.33. The van der Waals surface area contributed by atoms with Gasteiger partial charge in [0.1, 0.15) is 6.04 Å². The second-order valence-corrected chi connectivity index (χ2v) is 4.30. The van der Waals surface area contributed by atoms with Crippen molar-refractivity contribution in [3.63, 3.8) is 0 Å². The highest BCUT2D eigenvalue weighted by Crippen LogP contribution is 2.15. The minimum atomic E-state index is -0.702. The summed E-state index contributed by atoms with van der Waals surface area (Å²) in [7, 11) is 1.28. The predicted octanol–water partition coefficient (Wildman–Crippen LogP) is 2.58. The van der Waals surface area contributed by atoms with E-state index < -0.39 is 17.9 Å². The van der Waals surface area contributed by atoms with Crippen LogP contribution < -0.4 is 5.32 Å². The van der Waals surface area contributed by atoms with Gasteiger partial charge in [-0.2, -0.15) is 0 Å². The van der Waals surface area contributed by atoms with Crippen LogP contribution >= 0.6 is 11.6 Å². The predicted molar refractivity (Wildman–Crippen MR) is 74.2 cm³/mol. The maximum absolute atomic E-state index is 12.0. The van der Waals surface area contributed by atoms with E-state index >= 15 is 0 Å². The Morgan fingerprint density at radius 1 is 1.47 bits per heavy atom. The number of rotatable bonds is 6. The number of allylic oxidation sites excluding steroid dienone is 1. The number of amides is 1. The molecule has 0 bridgehead atoms. The number of methoxy groups -OCH3 is 1. The van der Waals surface area contributed by atoms with E-state index in [4.69, 9.17) is 11.6 Å². The molecule has 0 radical (unpaired) electrons. The van der Waals surface area contributed by atoms with Crippen LogP contribution in [-0.4, -0.2) is 25.0 Å². The second-order valence-electron chi connectivity index (χ2n) is 3.90. The number of carbonyl (C=O) groups excluding carboxylic acids is 2. The van der Waals surface area contributed by atoms with Gasteiger partial charge in [0.15, 0.2) is 0 Å². The van der Waals surface area contributed by atoms with Crippen molar-refractivity contribution in [3.05, 3.63) is 47.5 Å².